The van der Waals surface area contributed by atoms with Gasteiger partial charge < -0.3 is 16.0 Å². The van der Waals surface area contributed by atoms with E-state index in [0.29, 0.717) is 13.0 Å². The molecule has 4 N–H and O–H groups in total. The fourth-order valence-electron chi connectivity index (χ4n) is 3.47. The molecule has 0 spiro atoms. The highest BCUT2D eigenvalue weighted by atomic mass is 16.2. The second-order valence-corrected chi connectivity index (χ2v) is 7.45. The van der Waals surface area contributed by atoms with E-state index in [1.807, 2.05) is 49.1 Å². The number of carbonyl (C=O) groups excluding carboxylic acids is 2. The van der Waals surface area contributed by atoms with Crippen molar-refractivity contribution in [1.29, 1.82) is 5.41 Å². The van der Waals surface area contributed by atoms with E-state index in [0.717, 1.165) is 24.9 Å². The molecule has 7 heteroatoms. The summed E-state index contributed by atoms with van der Waals surface area (Å²) in [5.74, 6) is -0.0108. The van der Waals surface area contributed by atoms with Gasteiger partial charge in [-0.15, -0.1) is 0 Å². The normalized spacial score (nSPS) is 19.1. The molecule has 0 bridgehead atoms. The number of urea groups is 1. The van der Waals surface area contributed by atoms with E-state index in [1.54, 1.807) is 0 Å². The first-order valence-electron chi connectivity index (χ1n) is 9.50. The molecule has 0 aromatic heterocycles. The van der Waals surface area contributed by atoms with E-state index in [9.17, 15) is 9.59 Å². The molecule has 1 unspecified atom stereocenters. The van der Waals surface area contributed by atoms with Gasteiger partial charge in [-0.1, -0.05) is 37.3 Å². The van der Waals surface area contributed by atoms with Gasteiger partial charge in [0.2, 0.25) is 5.91 Å². The molecular weight excluding hydrogens is 342 g/mol. The molecule has 0 aliphatic carbocycles. The standard InChI is InChI=1S/C20H31N5O2/c1-14(12-18(26)24(3)19(21)22)17-10-7-11-25(13-17)20(27)23-15(2)16-8-5-4-6-9-16/h4-6,8-9,14-15,17H,7,10-13H2,1-3H3,(H3,21,22)(H,23,27)/t14-,15-,17?/m1/s1. The Bertz CT molecular complexity index is 664. The third-order valence-electron chi connectivity index (χ3n) is 5.42. The summed E-state index contributed by atoms with van der Waals surface area (Å²) in [7, 11) is 1.52. The number of rotatable bonds is 5. The number of piperidine rings is 1. The fourth-order valence-corrected chi connectivity index (χ4v) is 3.47. The number of nitrogens with one attached hydrogen (secondary N) is 2. The maximum atomic E-state index is 12.7. The first kappa shape index (κ1) is 20.7. The molecule has 7 nitrogen and oxygen atoms in total. The molecule has 1 aromatic rings. The Morgan fingerprint density at radius 2 is 2.00 bits per heavy atom. The van der Waals surface area contributed by atoms with Gasteiger partial charge in [-0.25, -0.2) is 4.79 Å². The number of nitrogens with two attached hydrogens (primary N) is 1. The largest absolute Gasteiger partial charge is 0.370 e. The van der Waals surface area contributed by atoms with Crippen molar-refractivity contribution in [3.05, 3.63) is 35.9 Å². The average molecular weight is 374 g/mol. The molecule has 1 aliphatic heterocycles. The van der Waals surface area contributed by atoms with E-state index in [4.69, 9.17) is 11.1 Å². The highest BCUT2D eigenvalue weighted by molar-refractivity contribution is 5.94. The van der Waals surface area contributed by atoms with Crippen LogP contribution in [0.25, 0.3) is 0 Å². The summed E-state index contributed by atoms with van der Waals surface area (Å²) in [4.78, 5) is 27.9. The lowest BCUT2D eigenvalue weighted by Gasteiger charge is -2.36. The summed E-state index contributed by atoms with van der Waals surface area (Å²) < 4.78 is 0. The van der Waals surface area contributed by atoms with Gasteiger partial charge in [-0.05, 0) is 37.2 Å². The van der Waals surface area contributed by atoms with E-state index >= 15 is 0 Å². The molecular formula is C20H31N5O2. The number of guanidine groups is 1. The van der Waals surface area contributed by atoms with E-state index < -0.39 is 0 Å². The van der Waals surface area contributed by atoms with Crippen LogP contribution in [0.3, 0.4) is 0 Å². The third-order valence-corrected chi connectivity index (χ3v) is 5.42. The Hall–Kier alpha value is -2.57. The lowest BCUT2D eigenvalue weighted by Crippen LogP contribution is -2.47. The van der Waals surface area contributed by atoms with E-state index in [-0.39, 0.29) is 35.8 Å². The molecule has 27 heavy (non-hydrogen) atoms. The third kappa shape index (κ3) is 5.70. The zero-order chi connectivity index (χ0) is 20.0. The lowest BCUT2D eigenvalue weighted by molar-refractivity contribution is -0.127. The van der Waals surface area contributed by atoms with Crippen LogP contribution in [0.4, 0.5) is 4.79 Å². The summed E-state index contributed by atoms with van der Waals surface area (Å²) in [6, 6.07) is 9.78. The van der Waals surface area contributed by atoms with Crippen LogP contribution in [-0.4, -0.2) is 47.8 Å². The molecule has 3 amide bonds. The highest BCUT2D eigenvalue weighted by Crippen LogP contribution is 2.27. The summed E-state index contributed by atoms with van der Waals surface area (Å²) >= 11 is 0. The monoisotopic (exact) mass is 373 g/mol. The maximum Gasteiger partial charge on any atom is 0.317 e. The van der Waals surface area contributed by atoms with Crippen LogP contribution >= 0.6 is 0 Å². The molecule has 1 fully saturated rings. The number of carbonyl (C=O) groups is 2. The van der Waals surface area contributed by atoms with Gasteiger partial charge in [0, 0.05) is 26.6 Å². The lowest BCUT2D eigenvalue weighted by atomic mass is 9.84. The topological polar surface area (TPSA) is 103 Å². The van der Waals surface area contributed by atoms with Gasteiger partial charge in [0.25, 0.3) is 0 Å². The van der Waals surface area contributed by atoms with Gasteiger partial charge in [0.1, 0.15) is 0 Å². The van der Waals surface area contributed by atoms with Crippen molar-refractivity contribution in [2.45, 2.75) is 39.2 Å². The minimum absolute atomic E-state index is 0.0534. The van der Waals surface area contributed by atoms with Crippen molar-refractivity contribution >= 4 is 17.9 Å². The Labute approximate surface area is 161 Å². The second kappa shape index (κ2) is 9.39. The van der Waals surface area contributed by atoms with Crippen LogP contribution in [0.5, 0.6) is 0 Å². The summed E-state index contributed by atoms with van der Waals surface area (Å²) in [5, 5.41) is 10.4. The summed E-state index contributed by atoms with van der Waals surface area (Å²) in [5.41, 5.74) is 6.45. The number of hydrogen-bond donors (Lipinski definition) is 3. The van der Waals surface area contributed by atoms with Crippen molar-refractivity contribution in [3.63, 3.8) is 0 Å². The summed E-state index contributed by atoms with van der Waals surface area (Å²) in [6.45, 7) is 5.39. The van der Waals surface area contributed by atoms with E-state index in [1.165, 1.54) is 11.9 Å². The predicted octanol–water partition coefficient (Wildman–Crippen LogP) is 2.55. The van der Waals surface area contributed by atoms with Crippen molar-refractivity contribution in [2.24, 2.45) is 17.6 Å². The molecule has 2 rings (SSSR count). The highest BCUT2D eigenvalue weighted by Gasteiger charge is 2.29. The molecule has 3 atom stereocenters. The minimum Gasteiger partial charge on any atom is -0.370 e. The second-order valence-electron chi connectivity index (χ2n) is 7.45. The quantitative estimate of drug-likeness (QED) is 0.546. The van der Waals surface area contributed by atoms with Gasteiger partial charge in [0.15, 0.2) is 5.96 Å². The van der Waals surface area contributed by atoms with Crippen LogP contribution in [0, 0.1) is 17.2 Å². The summed E-state index contributed by atoms with van der Waals surface area (Å²) in [6.07, 6.45) is 2.26. The van der Waals surface area contributed by atoms with Gasteiger partial charge >= 0.3 is 6.03 Å². The Morgan fingerprint density at radius 3 is 2.63 bits per heavy atom. The molecule has 1 aromatic carbocycles. The van der Waals surface area contributed by atoms with Crippen molar-refractivity contribution in [3.8, 4) is 0 Å². The van der Waals surface area contributed by atoms with Gasteiger partial charge in [-0.3, -0.25) is 15.1 Å². The average Bonchev–Trinajstić information content (AvgIpc) is 2.67. The number of nitrogens with zero attached hydrogens (tertiary/aromatic N) is 2. The zero-order valence-electron chi connectivity index (χ0n) is 16.4. The van der Waals surface area contributed by atoms with Gasteiger partial charge in [0.05, 0.1) is 6.04 Å². The van der Waals surface area contributed by atoms with Crippen molar-refractivity contribution in [2.75, 3.05) is 20.1 Å². The molecule has 0 saturated carbocycles. The van der Waals surface area contributed by atoms with Crippen LogP contribution < -0.4 is 11.1 Å². The SMILES string of the molecule is C[C@H](CC(=O)N(C)C(=N)N)C1CCCN(C(=O)N[C@H](C)c2ccccc2)C1. The predicted molar refractivity (Wildman–Crippen MR) is 106 cm³/mol. The van der Waals surface area contributed by atoms with Crippen molar-refractivity contribution < 1.29 is 9.59 Å². The van der Waals surface area contributed by atoms with Gasteiger partial charge in [-0.2, -0.15) is 0 Å². The first-order valence-corrected chi connectivity index (χ1v) is 9.50. The Kier molecular flexibility index (Phi) is 7.21. The van der Waals surface area contributed by atoms with Crippen LogP contribution in [0.15, 0.2) is 30.3 Å². The molecule has 1 heterocycles. The Morgan fingerprint density at radius 1 is 1.33 bits per heavy atom. The van der Waals surface area contributed by atoms with E-state index in [2.05, 4.69) is 5.32 Å². The van der Waals surface area contributed by atoms with Crippen LogP contribution in [-0.2, 0) is 4.79 Å². The fraction of sp³-hybridized carbons (Fsp3) is 0.550. The van der Waals surface area contributed by atoms with Crippen LogP contribution in [0.2, 0.25) is 0 Å². The smallest absolute Gasteiger partial charge is 0.317 e. The molecule has 148 valence electrons. The number of likely N-dealkylation sites (tertiary alicyclic amines) is 1. The van der Waals surface area contributed by atoms with Crippen LogP contribution in [0.1, 0.15) is 44.7 Å². The first-order chi connectivity index (χ1) is 12.8. The molecule has 0 radical (unpaired) electrons. The molecule has 1 aliphatic rings. The zero-order valence-corrected chi connectivity index (χ0v) is 16.4. The minimum atomic E-state index is -0.244. The number of benzene rings is 1. The van der Waals surface area contributed by atoms with Crippen molar-refractivity contribution in [1.82, 2.24) is 15.1 Å². The number of hydrogen-bond acceptors (Lipinski definition) is 3. The maximum absolute atomic E-state index is 12.7. The molecule has 1 saturated heterocycles. The Balaban J connectivity index is 1.89. The number of amides is 3.